The molecule has 0 saturated carbocycles. The van der Waals surface area contributed by atoms with Crippen LogP contribution in [0.15, 0.2) is 53.3 Å². The molecule has 3 aromatic rings. The molecular formula is C28H37N3O3. The van der Waals surface area contributed by atoms with Crippen LogP contribution in [-0.2, 0) is 16.7 Å². The van der Waals surface area contributed by atoms with Gasteiger partial charge in [0.05, 0.1) is 30.1 Å². The van der Waals surface area contributed by atoms with Gasteiger partial charge >= 0.3 is 0 Å². The minimum atomic E-state index is -0.330. The van der Waals surface area contributed by atoms with Crippen molar-refractivity contribution < 1.29 is 9.53 Å². The van der Waals surface area contributed by atoms with E-state index in [9.17, 15) is 9.59 Å². The zero-order valence-corrected chi connectivity index (χ0v) is 21.3. The highest BCUT2D eigenvalue weighted by atomic mass is 16.5. The molecule has 2 aromatic carbocycles. The molecule has 1 amide bonds. The number of para-hydroxylation sites is 1. The van der Waals surface area contributed by atoms with Gasteiger partial charge in [-0.2, -0.15) is 0 Å². The number of ether oxygens (including phenoxy) is 1. The number of methoxy groups -OCH3 is 1. The maximum Gasteiger partial charge on any atom is 0.261 e. The van der Waals surface area contributed by atoms with Gasteiger partial charge in [-0.3, -0.25) is 14.2 Å². The molecule has 1 aromatic heterocycles. The molecule has 0 fully saturated rings. The summed E-state index contributed by atoms with van der Waals surface area (Å²) in [5.41, 5.74) is 2.39. The third-order valence-corrected chi connectivity index (χ3v) is 6.19. The zero-order chi connectivity index (χ0) is 24.9. The van der Waals surface area contributed by atoms with Crippen molar-refractivity contribution in [3.63, 3.8) is 0 Å². The fourth-order valence-corrected chi connectivity index (χ4v) is 4.30. The summed E-state index contributed by atoms with van der Waals surface area (Å²) in [5, 5.41) is 0.573. The van der Waals surface area contributed by atoms with E-state index in [0.717, 1.165) is 6.42 Å². The van der Waals surface area contributed by atoms with Crippen molar-refractivity contribution in [3.8, 4) is 0 Å². The summed E-state index contributed by atoms with van der Waals surface area (Å²) >= 11 is 0. The van der Waals surface area contributed by atoms with E-state index >= 15 is 0 Å². The maximum atomic E-state index is 13.7. The van der Waals surface area contributed by atoms with Crippen LogP contribution in [0, 0.1) is 0 Å². The van der Waals surface area contributed by atoms with Crippen LogP contribution in [0.1, 0.15) is 75.2 Å². The maximum absolute atomic E-state index is 13.7. The van der Waals surface area contributed by atoms with Crippen molar-refractivity contribution in [2.75, 3.05) is 20.3 Å². The van der Waals surface area contributed by atoms with Gasteiger partial charge in [0.15, 0.2) is 0 Å². The summed E-state index contributed by atoms with van der Waals surface area (Å²) in [4.78, 5) is 33.9. The fraction of sp³-hybridized carbons (Fsp3) is 0.464. The van der Waals surface area contributed by atoms with Crippen molar-refractivity contribution >= 4 is 16.8 Å². The molecule has 0 N–H and O–H groups in total. The van der Waals surface area contributed by atoms with Gasteiger partial charge in [0.2, 0.25) is 0 Å². The number of carbonyl (C=O) groups excluding carboxylic acids is 1. The number of rotatable bonds is 9. The number of carbonyl (C=O) groups is 1. The highest BCUT2D eigenvalue weighted by Gasteiger charge is 2.29. The molecule has 0 radical (unpaired) electrons. The molecule has 1 unspecified atom stereocenters. The Balaban J connectivity index is 2.10. The fourth-order valence-electron chi connectivity index (χ4n) is 4.30. The Morgan fingerprint density at radius 3 is 2.35 bits per heavy atom. The molecule has 6 nitrogen and oxygen atoms in total. The van der Waals surface area contributed by atoms with Crippen molar-refractivity contribution in [1.29, 1.82) is 0 Å². The van der Waals surface area contributed by atoms with E-state index in [1.807, 2.05) is 54.3 Å². The predicted octanol–water partition coefficient (Wildman–Crippen LogP) is 5.34. The van der Waals surface area contributed by atoms with Crippen molar-refractivity contribution in [2.24, 2.45) is 0 Å². The Bertz CT molecular complexity index is 1180. The summed E-state index contributed by atoms with van der Waals surface area (Å²) in [7, 11) is 1.62. The first kappa shape index (κ1) is 25.6. The lowest BCUT2D eigenvalue weighted by molar-refractivity contribution is 0.0654. The van der Waals surface area contributed by atoms with Gasteiger partial charge in [-0.1, -0.05) is 58.9 Å². The molecule has 0 saturated heterocycles. The lowest BCUT2D eigenvalue weighted by Gasteiger charge is -2.32. The van der Waals surface area contributed by atoms with E-state index in [0.29, 0.717) is 48.4 Å². The first-order valence-electron chi connectivity index (χ1n) is 12.1. The quantitative estimate of drug-likeness (QED) is 0.429. The van der Waals surface area contributed by atoms with Gasteiger partial charge in [-0.15, -0.1) is 0 Å². The van der Waals surface area contributed by atoms with E-state index in [-0.39, 0.29) is 22.9 Å². The molecule has 34 heavy (non-hydrogen) atoms. The summed E-state index contributed by atoms with van der Waals surface area (Å²) in [6, 6.07) is 14.9. The molecular weight excluding hydrogens is 426 g/mol. The molecule has 182 valence electrons. The second-order valence-corrected chi connectivity index (χ2v) is 9.69. The number of fused-ring (bicyclic) bond motifs is 1. The molecule has 3 rings (SSSR count). The van der Waals surface area contributed by atoms with Crippen LogP contribution in [-0.4, -0.2) is 40.6 Å². The second-order valence-electron chi connectivity index (χ2n) is 9.69. The summed E-state index contributed by atoms with van der Waals surface area (Å²) in [6.45, 7) is 11.9. The lowest BCUT2D eigenvalue weighted by Crippen LogP contribution is -2.39. The number of nitrogens with zero attached hydrogens (tertiary/aromatic N) is 3. The number of aromatic nitrogens is 2. The first-order chi connectivity index (χ1) is 16.2. The third kappa shape index (κ3) is 5.39. The van der Waals surface area contributed by atoms with E-state index in [2.05, 4.69) is 27.7 Å². The monoisotopic (exact) mass is 463 g/mol. The van der Waals surface area contributed by atoms with Gasteiger partial charge in [0.1, 0.15) is 5.82 Å². The first-order valence-corrected chi connectivity index (χ1v) is 12.1. The molecule has 0 aliphatic carbocycles. The zero-order valence-electron chi connectivity index (χ0n) is 21.3. The van der Waals surface area contributed by atoms with Gasteiger partial charge in [-0.25, -0.2) is 4.98 Å². The van der Waals surface area contributed by atoms with Crippen LogP contribution in [0.5, 0.6) is 0 Å². The largest absolute Gasteiger partial charge is 0.383 e. The van der Waals surface area contributed by atoms with Crippen LogP contribution in [0.4, 0.5) is 0 Å². The van der Waals surface area contributed by atoms with Gasteiger partial charge < -0.3 is 9.64 Å². The average molecular weight is 464 g/mol. The van der Waals surface area contributed by atoms with Gasteiger partial charge in [0, 0.05) is 19.2 Å². The second kappa shape index (κ2) is 11.0. The van der Waals surface area contributed by atoms with Crippen molar-refractivity contribution in [3.05, 3.63) is 75.8 Å². The van der Waals surface area contributed by atoms with Crippen LogP contribution < -0.4 is 5.56 Å². The van der Waals surface area contributed by atoms with Crippen molar-refractivity contribution in [1.82, 2.24) is 14.5 Å². The van der Waals surface area contributed by atoms with Crippen molar-refractivity contribution in [2.45, 2.75) is 65.5 Å². The lowest BCUT2D eigenvalue weighted by atomic mass is 9.86. The third-order valence-electron chi connectivity index (χ3n) is 6.19. The Morgan fingerprint density at radius 1 is 1.09 bits per heavy atom. The minimum Gasteiger partial charge on any atom is -0.383 e. The molecule has 0 bridgehead atoms. The van der Waals surface area contributed by atoms with Gasteiger partial charge in [0.25, 0.3) is 11.5 Å². The van der Waals surface area contributed by atoms with E-state index < -0.39 is 0 Å². The smallest absolute Gasteiger partial charge is 0.261 e. The standard InChI is InChI=1S/C28H37N3O3/c1-7-17-30(26(32)20-13-15-21(16-14-20)28(3,4)5)24(8-2)25-29-23-12-10-9-11-22(23)27(33)31(25)18-19-34-6/h9-16,24H,7-8,17-19H2,1-6H3. The molecule has 0 aliphatic heterocycles. The molecule has 1 heterocycles. The number of benzene rings is 2. The van der Waals surface area contributed by atoms with E-state index in [1.165, 1.54) is 5.56 Å². The van der Waals surface area contributed by atoms with Crippen LogP contribution >= 0.6 is 0 Å². The highest BCUT2D eigenvalue weighted by molar-refractivity contribution is 5.94. The van der Waals surface area contributed by atoms with E-state index in [4.69, 9.17) is 9.72 Å². The average Bonchev–Trinajstić information content (AvgIpc) is 2.83. The number of hydrogen-bond donors (Lipinski definition) is 0. The highest BCUT2D eigenvalue weighted by Crippen LogP contribution is 2.27. The summed E-state index contributed by atoms with van der Waals surface area (Å²) < 4.78 is 6.96. The van der Waals surface area contributed by atoms with Crippen LogP contribution in [0.2, 0.25) is 0 Å². The normalized spacial score (nSPS) is 12.6. The molecule has 0 aliphatic rings. The van der Waals surface area contributed by atoms with Crippen LogP contribution in [0.25, 0.3) is 10.9 Å². The predicted molar refractivity (Wildman–Crippen MR) is 137 cm³/mol. The topological polar surface area (TPSA) is 64.4 Å². The molecule has 1 atom stereocenters. The Kier molecular flexibility index (Phi) is 8.26. The van der Waals surface area contributed by atoms with Crippen LogP contribution in [0.3, 0.4) is 0 Å². The minimum absolute atomic E-state index is 0.0169. The van der Waals surface area contributed by atoms with E-state index in [1.54, 1.807) is 17.7 Å². The number of amides is 1. The molecule has 6 heteroatoms. The summed E-state index contributed by atoms with van der Waals surface area (Å²) in [6.07, 6.45) is 1.45. The number of hydrogen-bond acceptors (Lipinski definition) is 4. The Morgan fingerprint density at radius 2 is 1.76 bits per heavy atom. The van der Waals surface area contributed by atoms with Gasteiger partial charge in [-0.05, 0) is 48.1 Å². The Labute approximate surface area is 202 Å². The Hall–Kier alpha value is -2.99. The molecule has 0 spiro atoms. The summed E-state index contributed by atoms with van der Waals surface area (Å²) in [5.74, 6) is 0.561. The SMILES string of the molecule is CCCN(C(=O)c1ccc(C(C)(C)C)cc1)C(CC)c1nc2ccccc2c(=O)n1CCOC.